The maximum atomic E-state index is 9.95. The van der Waals surface area contributed by atoms with Gasteiger partial charge in [0, 0.05) is 17.5 Å². The zero-order valence-corrected chi connectivity index (χ0v) is 9.97. The van der Waals surface area contributed by atoms with Gasteiger partial charge in [0.1, 0.15) is 5.76 Å². The lowest BCUT2D eigenvalue weighted by atomic mass is 9.95. The molecule has 2 heterocycles. The van der Waals surface area contributed by atoms with Crippen molar-refractivity contribution in [2.45, 2.75) is 38.3 Å². The van der Waals surface area contributed by atoms with Crippen molar-refractivity contribution >= 4 is 0 Å². The molecule has 2 aromatic rings. The number of rotatable bonds is 2. The van der Waals surface area contributed by atoms with Crippen LogP contribution in [0.2, 0.25) is 0 Å². The molecule has 0 saturated heterocycles. The van der Waals surface area contributed by atoms with Gasteiger partial charge >= 0.3 is 0 Å². The quantitative estimate of drug-likeness (QED) is 0.862. The summed E-state index contributed by atoms with van der Waals surface area (Å²) in [5.41, 5.74) is 2.35. The van der Waals surface area contributed by atoms with Gasteiger partial charge in [-0.15, -0.1) is 0 Å². The van der Waals surface area contributed by atoms with Crippen LogP contribution in [0.1, 0.15) is 48.9 Å². The van der Waals surface area contributed by atoms with Crippen LogP contribution >= 0.6 is 0 Å². The first-order valence-electron chi connectivity index (χ1n) is 6.18. The minimum atomic E-state index is -0.288. The second kappa shape index (κ2) is 4.08. The van der Waals surface area contributed by atoms with Crippen LogP contribution in [-0.4, -0.2) is 9.67 Å². The fraction of sp³-hybridized carbons (Fsp3) is 0.429. The highest BCUT2D eigenvalue weighted by atomic mass is 16.3. The standard InChI is InChI=1S/C14H17NO2/c1-10(14-6-3-9-17-14)15-8-7-11-12(15)4-2-5-13(11)16/h3,6-10,13,16H,2,4-5H2,1H3. The molecule has 2 unspecified atom stereocenters. The lowest BCUT2D eigenvalue weighted by Crippen LogP contribution is -2.14. The number of nitrogens with zero attached hydrogens (tertiary/aromatic N) is 1. The maximum Gasteiger partial charge on any atom is 0.126 e. The average molecular weight is 231 g/mol. The molecular weight excluding hydrogens is 214 g/mol. The van der Waals surface area contributed by atoms with Crippen molar-refractivity contribution in [3.63, 3.8) is 0 Å². The van der Waals surface area contributed by atoms with Gasteiger partial charge in [-0.25, -0.2) is 0 Å². The van der Waals surface area contributed by atoms with Gasteiger partial charge in [0.2, 0.25) is 0 Å². The summed E-state index contributed by atoms with van der Waals surface area (Å²) in [6.45, 7) is 2.13. The number of aliphatic hydroxyl groups excluding tert-OH is 1. The van der Waals surface area contributed by atoms with Gasteiger partial charge in [0.25, 0.3) is 0 Å². The molecule has 0 radical (unpaired) electrons. The normalized spacial score (nSPS) is 21.2. The van der Waals surface area contributed by atoms with Crippen LogP contribution in [0.4, 0.5) is 0 Å². The van der Waals surface area contributed by atoms with E-state index in [-0.39, 0.29) is 12.1 Å². The van der Waals surface area contributed by atoms with Crippen molar-refractivity contribution in [1.29, 1.82) is 0 Å². The fourth-order valence-electron chi connectivity index (χ4n) is 2.72. The predicted octanol–water partition coefficient (Wildman–Crippen LogP) is 3.06. The molecule has 3 rings (SSSR count). The van der Waals surface area contributed by atoms with Gasteiger partial charge in [-0.3, -0.25) is 0 Å². The van der Waals surface area contributed by atoms with E-state index < -0.39 is 0 Å². The molecule has 2 atom stereocenters. The molecule has 0 aliphatic heterocycles. The Bertz CT molecular complexity index is 498. The molecule has 1 N–H and O–H groups in total. The zero-order chi connectivity index (χ0) is 11.8. The van der Waals surface area contributed by atoms with Gasteiger partial charge in [0.15, 0.2) is 0 Å². The van der Waals surface area contributed by atoms with Crippen molar-refractivity contribution < 1.29 is 9.52 Å². The Morgan fingerprint density at radius 3 is 3.12 bits per heavy atom. The Hall–Kier alpha value is -1.48. The van der Waals surface area contributed by atoms with Crippen molar-refractivity contribution in [3.8, 4) is 0 Å². The van der Waals surface area contributed by atoms with Gasteiger partial charge in [0.05, 0.1) is 18.4 Å². The molecule has 0 amide bonds. The second-order valence-electron chi connectivity index (χ2n) is 4.72. The van der Waals surface area contributed by atoms with Crippen molar-refractivity contribution in [2.75, 3.05) is 0 Å². The molecule has 17 heavy (non-hydrogen) atoms. The summed E-state index contributed by atoms with van der Waals surface area (Å²) in [4.78, 5) is 0. The number of aliphatic hydroxyl groups is 1. The Morgan fingerprint density at radius 1 is 1.47 bits per heavy atom. The molecular formula is C14H17NO2. The summed E-state index contributed by atoms with van der Waals surface area (Å²) < 4.78 is 7.67. The summed E-state index contributed by atoms with van der Waals surface area (Å²) in [5.74, 6) is 0.962. The van der Waals surface area contributed by atoms with E-state index in [1.54, 1.807) is 6.26 Å². The molecule has 0 spiro atoms. The number of aromatic nitrogens is 1. The highest BCUT2D eigenvalue weighted by molar-refractivity contribution is 5.29. The number of hydrogen-bond donors (Lipinski definition) is 1. The van der Waals surface area contributed by atoms with E-state index in [1.165, 1.54) is 5.69 Å². The number of furan rings is 1. The third-order valence-corrected chi connectivity index (χ3v) is 3.68. The lowest BCUT2D eigenvalue weighted by Gasteiger charge is -2.22. The highest BCUT2D eigenvalue weighted by Gasteiger charge is 2.23. The molecule has 0 aromatic carbocycles. The van der Waals surface area contributed by atoms with Crippen molar-refractivity contribution in [3.05, 3.63) is 47.7 Å². The first kappa shape index (κ1) is 10.7. The number of fused-ring (bicyclic) bond motifs is 1. The smallest absolute Gasteiger partial charge is 0.126 e. The molecule has 3 heteroatoms. The van der Waals surface area contributed by atoms with Gasteiger partial charge in [-0.1, -0.05) is 0 Å². The van der Waals surface area contributed by atoms with Crippen molar-refractivity contribution in [2.24, 2.45) is 0 Å². The Labute approximate surface area is 101 Å². The van der Waals surface area contributed by atoms with Gasteiger partial charge < -0.3 is 14.1 Å². The summed E-state index contributed by atoms with van der Waals surface area (Å²) in [6.07, 6.45) is 6.46. The minimum absolute atomic E-state index is 0.194. The first-order valence-corrected chi connectivity index (χ1v) is 6.18. The highest BCUT2D eigenvalue weighted by Crippen LogP contribution is 2.33. The second-order valence-corrected chi connectivity index (χ2v) is 4.72. The molecule has 1 aliphatic carbocycles. The van der Waals surface area contributed by atoms with Crippen LogP contribution < -0.4 is 0 Å². The molecule has 0 fully saturated rings. The molecule has 90 valence electrons. The number of hydrogen-bond acceptors (Lipinski definition) is 2. The van der Waals surface area contributed by atoms with Crippen LogP contribution in [0.15, 0.2) is 35.1 Å². The van der Waals surface area contributed by atoms with Crippen LogP contribution in [0.25, 0.3) is 0 Å². The SMILES string of the molecule is CC(c1ccco1)n1ccc2c1CCCC2O. The molecule has 0 saturated carbocycles. The topological polar surface area (TPSA) is 38.3 Å². The Kier molecular flexibility index (Phi) is 2.56. The first-order chi connectivity index (χ1) is 8.27. The van der Waals surface area contributed by atoms with E-state index in [2.05, 4.69) is 17.7 Å². The van der Waals surface area contributed by atoms with Crippen LogP contribution in [0.3, 0.4) is 0 Å². The van der Waals surface area contributed by atoms with E-state index in [4.69, 9.17) is 4.42 Å². The average Bonchev–Trinajstić information content (AvgIpc) is 2.98. The summed E-state index contributed by atoms with van der Waals surface area (Å²) >= 11 is 0. The van der Waals surface area contributed by atoms with Crippen LogP contribution in [0, 0.1) is 0 Å². The largest absolute Gasteiger partial charge is 0.467 e. The molecule has 3 nitrogen and oxygen atoms in total. The van der Waals surface area contributed by atoms with E-state index >= 15 is 0 Å². The third kappa shape index (κ3) is 1.71. The summed E-state index contributed by atoms with van der Waals surface area (Å²) in [5, 5.41) is 9.95. The Morgan fingerprint density at radius 2 is 2.35 bits per heavy atom. The van der Waals surface area contributed by atoms with E-state index in [0.29, 0.717) is 0 Å². The van der Waals surface area contributed by atoms with Crippen LogP contribution in [0.5, 0.6) is 0 Å². The summed E-state index contributed by atoms with van der Waals surface area (Å²) in [7, 11) is 0. The van der Waals surface area contributed by atoms with E-state index in [0.717, 1.165) is 30.6 Å². The van der Waals surface area contributed by atoms with Gasteiger partial charge in [-0.2, -0.15) is 0 Å². The monoisotopic (exact) mass is 231 g/mol. The van der Waals surface area contributed by atoms with Crippen molar-refractivity contribution in [1.82, 2.24) is 4.57 Å². The third-order valence-electron chi connectivity index (χ3n) is 3.68. The van der Waals surface area contributed by atoms with E-state index in [9.17, 15) is 5.11 Å². The summed E-state index contributed by atoms with van der Waals surface area (Å²) in [6, 6.07) is 6.14. The molecule has 1 aliphatic rings. The predicted molar refractivity (Wildman–Crippen MR) is 64.9 cm³/mol. The Balaban J connectivity index is 1.99. The fourth-order valence-corrected chi connectivity index (χ4v) is 2.72. The zero-order valence-electron chi connectivity index (χ0n) is 9.97. The van der Waals surface area contributed by atoms with Gasteiger partial charge in [-0.05, 0) is 44.4 Å². The molecule has 2 aromatic heterocycles. The molecule has 0 bridgehead atoms. The maximum absolute atomic E-state index is 9.95. The van der Waals surface area contributed by atoms with Crippen LogP contribution in [-0.2, 0) is 6.42 Å². The minimum Gasteiger partial charge on any atom is -0.467 e. The lowest BCUT2D eigenvalue weighted by molar-refractivity contribution is 0.155. The van der Waals surface area contributed by atoms with E-state index in [1.807, 2.05) is 18.2 Å².